The lowest BCUT2D eigenvalue weighted by Crippen LogP contribution is -2.49. The number of para-hydroxylation sites is 1. The number of benzene rings is 1. The lowest BCUT2D eigenvalue weighted by Gasteiger charge is -2.39. The van der Waals surface area contributed by atoms with E-state index in [-0.39, 0.29) is 0 Å². The standard InChI is InChI=1S/C17H24N4/c1-17(18-2)9-12-20(13-10-17)14-15-8-11-21(19-15)16-6-4-3-5-7-16/h3-8,11,18H,9-10,12-14H2,1-2H3. The third-order valence-corrected chi connectivity index (χ3v) is 4.61. The lowest BCUT2D eigenvalue weighted by atomic mass is 9.90. The van der Waals surface area contributed by atoms with E-state index in [9.17, 15) is 0 Å². The highest BCUT2D eigenvalue weighted by Gasteiger charge is 2.28. The quantitative estimate of drug-likeness (QED) is 0.936. The highest BCUT2D eigenvalue weighted by Crippen LogP contribution is 2.22. The molecule has 112 valence electrons. The van der Waals surface area contributed by atoms with Crippen LogP contribution in [0.1, 0.15) is 25.5 Å². The topological polar surface area (TPSA) is 33.1 Å². The summed E-state index contributed by atoms with van der Waals surface area (Å²) in [6.07, 6.45) is 4.44. The van der Waals surface area contributed by atoms with Crippen LogP contribution in [0.2, 0.25) is 0 Å². The molecule has 1 saturated heterocycles. The zero-order valence-electron chi connectivity index (χ0n) is 12.9. The first-order chi connectivity index (χ1) is 10.2. The fourth-order valence-electron chi connectivity index (χ4n) is 2.85. The van der Waals surface area contributed by atoms with Gasteiger partial charge in [0.15, 0.2) is 0 Å². The van der Waals surface area contributed by atoms with E-state index >= 15 is 0 Å². The summed E-state index contributed by atoms with van der Waals surface area (Å²) in [5, 5.41) is 8.13. The summed E-state index contributed by atoms with van der Waals surface area (Å²) in [5.74, 6) is 0. The zero-order valence-corrected chi connectivity index (χ0v) is 12.9. The number of nitrogens with zero attached hydrogens (tertiary/aromatic N) is 3. The molecule has 1 aliphatic heterocycles. The van der Waals surface area contributed by atoms with Crippen molar-refractivity contribution in [1.82, 2.24) is 20.0 Å². The molecule has 0 saturated carbocycles. The molecule has 0 atom stereocenters. The lowest BCUT2D eigenvalue weighted by molar-refractivity contribution is 0.145. The minimum Gasteiger partial charge on any atom is -0.314 e. The summed E-state index contributed by atoms with van der Waals surface area (Å²) in [5.41, 5.74) is 2.57. The van der Waals surface area contributed by atoms with Crippen molar-refractivity contribution in [2.75, 3.05) is 20.1 Å². The molecule has 0 radical (unpaired) electrons. The van der Waals surface area contributed by atoms with Gasteiger partial charge in [-0.2, -0.15) is 5.10 Å². The maximum absolute atomic E-state index is 4.69. The van der Waals surface area contributed by atoms with Crippen LogP contribution in [-0.4, -0.2) is 40.4 Å². The number of hydrogen-bond acceptors (Lipinski definition) is 3. The first-order valence-corrected chi connectivity index (χ1v) is 7.70. The van der Waals surface area contributed by atoms with Crippen LogP contribution in [0.4, 0.5) is 0 Å². The zero-order chi connectivity index (χ0) is 14.7. The normalized spacial score (nSPS) is 18.8. The van der Waals surface area contributed by atoms with Crippen molar-refractivity contribution in [2.45, 2.75) is 31.8 Å². The van der Waals surface area contributed by atoms with Crippen LogP contribution in [0.3, 0.4) is 0 Å². The highest BCUT2D eigenvalue weighted by atomic mass is 15.3. The molecule has 3 rings (SSSR count). The maximum Gasteiger partial charge on any atom is 0.0769 e. The number of aromatic nitrogens is 2. The molecule has 1 fully saturated rings. The van der Waals surface area contributed by atoms with Crippen molar-refractivity contribution >= 4 is 0 Å². The van der Waals surface area contributed by atoms with Crippen LogP contribution in [-0.2, 0) is 6.54 Å². The van der Waals surface area contributed by atoms with Gasteiger partial charge in [0.2, 0.25) is 0 Å². The molecule has 0 bridgehead atoms. The Hall–Kier alpha value is -1.65. The van der Waals surface area contributed by atoms with Crippen LogP contribution >= 0.6 is 0 Å². The van der Waals surface area contributed by atoms with E-state index in [1.807, 2.05) is 29.1 Å². The van der Waals surface area contributed by atoms with Gasteiger partial charge in [0.25, 0.3) is 0 Å². The Morgan fingerprint density at radius 2 is 1.86 bits per heavy atom. The SMILES string of the molecule is CNC1(C)CCN(Cc2ccn(-c3ccccc3)n2)CC1. The van der Waals surface area contributed by atoms with Crippen LogP contribution in [0.15, 0.2) is 42.6 Å². The van der Waals surface area contributed by atoms with E-state index in [4.69, 9.17) is 5.10 Å². The average molecular weight is 284 g/mol. The molecule has 4 nitrogen and oxygen atoms in total. The summed E-state index contributed by atoms with van der Waals surface area (Å²) in [6, 6.07) is 12.4. The number of rotatable bonds is 4. The monoisotopic (exact) mass is 284 g/mol. The largest absolute Gasteiger partial charge is 0.314 e. The van der Waals surface area contributed by atoms with Gasteiger partial charge in [0, 0.05) is 31.4 Å². The first-order valence-electron chi connectivity index (χ1n) is 7.70. The summed E-state index contributed by atoms with van der Waals surface area (Å²) < 4.78 is 1.96. The summed E-state index contributed by atoms with van der Waals surface area (Å²) in [4.78, 5) is 2.50. The first kappa shape index (κ1) is 14.3. The van der Waals surface area contributed by atoms with Crippen molar-refractivity contribution in [1.29, 1.82) is 0 Å². The molecular formula is C17H24N4. The fourth-order valence-corrected chi connectivity index (χ4v) is 2.85. The molecule has 1 aliphatic rings. The number of nitrogens with one attached hydrogen (secondary N) is 1. The van der Waals surface area contributed by atoms with Gasteiger partial charge in [-0.3, -0.25) is 4.90 Å². The van der Waals surface area contributed by atoms with Gasteiger partial charge in [0.05, 0.1) is 11.4 Å². The van der Waals surface area contributed by atoms with E-state index in [0.717, 1.165) is 31.0 Å². The second-order valence-electron chi connectivity index (χ2n) is 6.17. The minimum atomic E-state index is 0.305. The van der Waals surface area contributed by atoms with Crippen LogP contribution in [0.25, 0.3) is 5.69 Å². The third-order valence-electron chi connectivity index (χ3n) is 4.61. The van der Waals surface area contributed by atoms with E-state index in [1.54, 1.807) is 0 Å². The van der Waals surface area contributed by atoms with Gasteiger partial charge in [-0.25, -0.2) is 4.68 Å². The Balaban J connectivity index is 1.61. The van der Waals surface area contributed by atoms with Gasteiger partial charge in [-0.05, 0) is 45.0 Å². The van der Waals surface area contributed by atoms with Gasteiger partial charge in [0.1, 0.15) is 0 Å². The van der Waals surface area contributed by atoms with Crippen molar-refractivity contribution in [3.05, 3.63) is 48.3 Å². The molecule has 4 heteroatoms. The van der Waals surface area contributed by atoms with E-state index in [1.165, 1.54) is 12.8 Å². The predicted octanol–water partition coefficient (Wildman–Crippen LogP) is 2.45. The highest BCUT2D eigenvalue weighted by molar-refractivity contribution is 5.30. The van der Waals surface area contributed by atoms with Crippen LogP contribution in [0, 0.1) is 0 Å². The van der Waals surface area contributed by atoms with Gasteiger partial charge >= 0.3 is 0 Å². The van der Waals surface area contributed by atoms with Gasteiger partial charge in [-0.1, -0.05) is 18.2 Å². The van der Waals surface area contributed by atoms with Crippen LogP contribution < -0.4 is 5.32 Å². The molecule has 0 unspecified atom stereocenters. The smallest absolute Gasteiger partial charge is 0.0769 e. The minimum absolute atomic E-state index is 0.305. The molecule has 1 aromatic carbocycles. The summed E-state index contributed by atoms with van der Waals surface area (Å²) in [6.45, 7) is 5.53. The van der Waals surface area contributed by atoms with E-state index < -0.39 is 0 Å². The van der Waals surface area contributed by atoms with Crippen molar-refractivity contribution in [3.63, 3.8) is 0 Å². The fraction of sp³-hybridized carbons (Fsp3) is 0.471. The molecule has 0 spiro atoms. The molecule has 0 amide bonds. The molecule has 2 aromatic rings. The van der Waals surface area contributed by atoms with Crippen LogP contribution in [0.5, 0.6) is 0 Å². The Morgan fingerprint density at radius 3 is 2.52 bits per heavy atom. The third kappa shape index (κ3) is 3.34. The molecule has 0 aliphatic carbocycles. The van der Waals surface area contributed by atoms with Gasteiger partial charge < -0.3 is 5.32 Å². The predicted molar refractivity (Wildman–Crippen MR) is 85.5 cm³/mol. The summed E-state index contributed by atoms with van der Waals surface area (Å²) >= 11 is 0. The van der Waals surface area contributed by atoms with E-state index in [0.29, 0.717) is 5.54 Å². The Kier molecular flexibility index (Phi) is 4.08. The average Bonchev–Trinajstić information content (AvgIpc) is 2.99. The molecule has 21 heavy (non-hydrogen) atoms. The van der Waals surface area contributed by atoms with Crippen molar-refractivity contribution < 1.29 is 0 Å². The Bertz CT molecular complexity index is 567. The van der Waals surface area contributed by atoms with E-state index in [2.05, 4.69) is 42.4 Å². The number of piperidine rings is 1. The molecule has 1 N–H and O–H groups in total. The molecule has 1 aromatic heterocycles. The number of likely N-dealkylation sites (tertiary alicyclic amines) is 1. The number of hydrogen-bond donors (Lipinski definition) is 1. The van der Waals surface area contributed by atoms with Gasteiger partial charge in [-0.15, -0.1) is 0 Å². The second kappa shape index (κ2) is 6.00. The maximum atomic E-state index is 4.69. The second-order valence-corrected chi connectivity index (χ2v) is 6.17. The van der Waals surface area contributed by atoms with Crippen molar-refractivity contribution in [3.8, 4) is 5.69 Å². The molecular weight excluding hydrogens is 260 g/mol. The Labute approximate surface area is 126 Å². The summed E-state index contributed by atoms with van der Waals surface area (Å²) in [7, 11) is 2.07. The Morgan fingerprint density at radius 1 is 1.14 bits per heavy atom. The van der Waals surface area contributed by atoms with Crippen molar-refractivity contribution in [2.24, 2.45) is 0 Å². The molecule has 2 heterocycles.